The highest BCUT2D eigenvalue weighted by atomic mass is 16.5. The molecule has 180 valence electrons. The van der Waals surface area contributed by atoms with E-state index in [4.69, 9.17) is 4.52 Å². The third kappa shape index (κ3) is 4.16. The monoisotopic (exact) mass is 474 g/mol. The molecule has 2 aliphatic carbocycles. The number of aliphatic hydroxyl groups is 1. The van der Waals surface area contributed by atoms with Crippen molar-refractivity contribution in [1.82, 2.24) is 15.0 Å². The van der Waals surface area contributed by atoms with Gasteiger partial charge < -0.3 is 24.7 Å². The van der Waals surface area contributed by atoms with E-state index in [2.05, 4.69) is 10.5 Å². The van der Waals surface area contributed by atoms with Crippen molar-refractivity contribution in [2.24, 2.45) is 5.92 Å². The lowest BCUT2D eigenvalue weighted by molar-refractivity contribution is -0.143. The number of carbonyl (C=O) groups is 3. The number of hydrogen-bond acceptors (Lipinski definition) is 6. The molecule has 3 amide bonds. The summed E-state index contributed by atoms with van der Waals surface area (Å²) in [4.78, 5) is 40.8. The standard InChI is InChI=1S/C26H26N4O5/c31-23(17-3-4-17)27-22-20-15-19(7-8-21(20)35-28-22)16-1-5-18(6-2-16)24(32)29-11-13-30(14-12-29)25(33)26(34)9-10-26/h1-2,5-8,15,17,34H,3-4,9-14H2,(H,27,28,31). The fraction of sp³-hybridized carbons (Fsp3) is 0.385. The largest absolute Gasteiger partial charge is 0.380 e. The van der Waals surface area contributed by atoms with E-state index in [1.165, 1.54) is 0 Å². The molecule has 3 aromatic rings. The summed E-state index contributed by atoms with van der Waals surface area (Å²) in [6, 6.07) is 13.1. The van der Waals surface area contributed by atoms with Crippen LogP contribution in [0.1, 0.15) is 36.0 Å². The number of fused-ring (bicyclic) bond motifs is 1. The van der Waals surface area contributed by atoms with Crippen molar-refractivity contribution >= 4 is 34.5 Å². The maximum atomic E-state index is 13.0. The van der Waals surface area contributed by atoms with Crippen LogP contribution in [0.4, 0.5) is 5.82 Å². The number of hydrogen-bond donors (Lipinski definition) is 2. The van der Waals surface area contributed by atoms with Crippen LogP contribution in [0.15, 0.2) is 47.0 Å². The number of aromatic nitrogens is 1. The van der Waals surface area contributed by atoms with Crippen LogP contribution in [0, 0.1) is 5.92 Å². The molecule has 35 heavy (non-hydrogen) atoms. The number of amides is 3. The van der Waals surface area contributed by atoms with E-state index >= 15 is 0 Å². The van der Waals surface area contributed by atoms with Crippen LogP contribution in [-0.4, -0.2) is 69.6 Å². The van der Waals surface area contributed by atoms with Crippen LogP contribution in [0.2, 0.25) is 0 Å². The maximum absolute atomic E-state index is 13.0. The van der Waals surface area contributed by atoms with E-state index in [-0.39, 0.29) is 23.6 Å². The molecule has 1 saturated heterocycles. The Bertz CT molecular complexity index is 1320. The number of nitrogens with one attached hydrogen (secondary N) is 1. The third-order valence-corrected chi connectivity index (χ3v) is 7.10. The van der Waals surface area contributed by atoms with E-state index in [0.717, 1.165) is 29.4 Å². The number of benzene rings is 2. The summed E-state index contributed by atoms with van der Waals surface area (Å²) in [6.45, 7) is 1.76. The van der Waals surface area contributed by atoms with E-state index in [0.29, 0.717) is 56.0 Å². The predicted octanol–water partition coefficient (Wildman–Crippen LogP) is 2.65. The molecule has 3 fully saturated rings. The van der Waals surface area contributed by atoms with Gasteiger partial charge in [-0.2, -0.15) is 0 Å². The second-order valence-electron chi connectivity index (χ2n) is 9.70. The molecule has 9 heteroatoms. The van der Waals surface area contributed by atoms with Crippen molar-refractivity contribution in [3.8, 4) is 11.1 Å². The zero-order chi connectivity index (χ0) is 24.2. The molecular weight excluding hydrogens is 448 g/mol. The summed E-state index contributed by atoms with van der Waals surface area (Å²) in [5, 5.41) is 17.6. The summed E-state index contributed by atoms with van der Waals surface area (Å²) >= 11 is 0. The normalized spacial score (nSPS) is 19.0. The zero-order valence-electron chi connectivity index (χ0n) is 19.2. The van der Waals surface area contributed by atoms with Gasteiger partial charge in [-0.25, -0.2) is 0 Å². The van der Waals surface area contributed by atoms with Gasteiger partial charge >= 0.3 is 0 Å². The Morgan fingerprint density at radius 3 is 2.26 bits per heavy atom. The number of rotatable bonds is 5. The second-order valence-corrected chi connectivity index (χ2v) is 9.70. The summed E-state index contributed by atoms with van der Waals surface area (Å²) < 4.78 is 5.35. The summed E-state index contributed by atoms with van der Waals surface area (Å²) in [6.07, 6.45) is 2.87. The number of piperazine rings is 1. The van der Waals surface area contributed by atoms with Crippen LogP contribution in [0.3, 0.4) is 0 Å². The Labute approximate surface area is 201 Å². The van der Waals surface area contributed by atoms with Gasteiger partial charge in [-0.15, -0.1) is 0 Å². The smallest absolute Gasteiger partial charge is 0.254 e. The zero-order valence-corrected chi connectivity index (χ0v) is 19.2. The fourth-order valence-electron chi connectivity index (χ4n) is 4.50. The minimum absolute atomic E-state index is 0.0259. The quantitative estimate of drug-likeness (QED) is 0.587. The van der Waals surface area contributed by atoms with E-state index in [1.807, 2.05) is 30.3 Å². The van der Waals surface area contributed by atoms with Crippen LogP contribution in [0.5, 0.6) is 0 Å². The van der Waals surface area contributed by atoms with Gasteiger partial charge in [-0.3, -0.25) is 14.4 Å². The van der Waals surface area contributed by atoms with Crippen molar-refractivity contribution in [2.75, 3.05) is 31.5 Å². The molecule has 2 heterocycles. The fourth-order valence-corrected chi connectivity index (χ4v) is 4.50. The molecule has 0 spiro atoms. The van der Waals surface area contributed by atoms with Crippen LogP contribution in [-0.2, 0) is 9.59 Å². The van der Waals surface area contributed by atoms with Gasteiger partial charge in [0, 0.05) is 37.7 Å². The van der Waals surface area contributed by atoms with Crippen LogP contribution >= 0.6 is 0 Å². The number of nitrogens with zero attached hydrogens (tertiary/aromatic N) is 3. The van der Waals surface area contributed by atoms with Gasteiger partial charge in [-0.1, -0.05) is 23.4 Å². The van der Waals surface area contributed by atoms with Gasteiger partial charge in [0.2, 0.25) is 5.91 Å². The highest BCUT2D eigenvalue weighted by molar-refractivity contribution is 6.02. The summed E-state index contributed by atoms with van der Waals surface area (Å²) in [5.41, 5.74) is 1.86. The first-order valence-corrected chi connectivity index (χ1v) is 12.0. The molecule has 6 rings (SSSR count). The average Bonchev–Trinajstić information content (AvgIpc) is 3.83. The molecule has 0 atom stereocenters. The first-order chi connectivity index (χ1) is 16.9. The van der Waals surface area contributed by atoms with E-state index < -0.39 is 5.60 Å². The van der Waals surface area contributed by atoms with Crippen molar-refractivity contribution in [1.29, 1.82) is 0 Å². The Morgan fingerprint density at radius 1 is 0.943 bits per heavy atom. The Kier molecular flexibility index (Phi) is 5.10. The van der Waals surface area contributed by atoms with E-state index in [9.17, 15) is 19.5 Å². The minimum atomic E-state index is -1.17. The van der Waals surface area contributed by atoms with Crippen molar-refractivity contribution in [2.45, 2.75) is 31.3 Å². The van der Waals surface area contributed by atoms with Gasteiger partial charge in [0.1, 0.15) is 5.60 Å². The van der Waals surface area contributed by atoms with Crippen LogP contribution < -0.4 is 5.32 Å². The first kappa shape index (κ1) is 21.8. The number of anilines is 1. The van der Waals surface area contributed by atoms with Crippen LogP contribution in [0.25, 0.3) is 22.1 Å². The molecule has 0 radical (unpaired) electrons. The molecule has 0 unspecified atom stereocenters. The Balaban J connectivity index is 1.13. The lowest BCUT2D eigenvalue weighted by Crippen LogP contribution is -2.53. The lowest BCUT2D eigenvalue weighted by Gasteiger charge is -2.35. The van der Waals surface area contributed by atoms with Gasteiger partial charge in [0.15, 0.2) is 11.4 Å². The Morgan fingerprint density at radius 2 is 1.60 bits per heavy atom. The van der Waals surface area contributed by atoms with E-state index in [1.54, 1.807) is 21.9 Å². The molecule has 1 aromatic heterocycles. The minimum Gasteiger partial charge on any atom is -0.380 e. The number of carbonyl (C=O) groups excluding carboxylic acids is 3. The highest BCUT2D eigenvalue weighted by Gasteiger charge is 2.50. The molecule has 0 bridgehead atoms. The lowest BCUT2D eigenvalue weighted by atomic mass is 10.0. The molecule has 1 aliphatic heterocycles. The third-order valence-electron chi connectivity index (χ3n) is 7.10. The Hall–Kier alpha value is -3.72. The SMILES string of the molecule is O=C(Nc1noc2ccc(-c3ccc(C(=O)N4CCN(C(=O)C5(O)CC5)CC4)cc3)cc12)C1CC1. The van der Waals surface area contributed by atoms with Gasteiger partial charge in [0.25, 0.3) is 11.8 Å². The molecule has 2 saturated carbocycles. The van der Waals surface area contributed by atoms with Crippen molar-refractivity contribution in [3.63, 3.8) is 0 Å². The molecule has 2 N–H and O–H groups in total. The molecule has 2 aromatic carbocycles. The average molecular weight is 475 g/mol. The molecule has 9 nitrogen and oxygen atoms in total. The van der Waals surface area contributed by atoms with Crippen molar-refractivity contribution < 1.29 is 24.0 Å². The summed E-state index contributed by atoms with van der Waals surface area (Å²) in [5.74, 6) is 0.185. The van der Waals surface area contributed by atoms with Gasteiger partial charge in [0.05, 0.1) is 5.39 Å². The topological polar surface area (TPSA) is 116 Å². The highest BCUT2D eigenvalue weighted by Crippen LogP contribution is 2.37. The van der Waals surface area contributed by atoms with Crippen molar-refractivity contribution in [3.05, 3.63) is 48.0 Å². The maximum Gasteiger partial charge on any atom is 0.254 e. The first-order valence-electron chi connectivity index (χ1n) is 12.0. The predicted molar refractivity (Wildman–Crippen MR) is 127 cm³/mol. The molecular formula is C26H26N4O5. The second kappa shape index (κ2) is 8.20. The molecule has 3 aliphatic rings. The van der Waals surface area contributed by atoms with Gasteiger partial charge in [-0.05, 0) is 61.1 Å². The summed E-state index contributed by atoms with van der Waals surface area (Å²) in [7, 11) is 0.